The lowest BCUT2D eigenvalue weighted by atomic mass is 10.0. The van der Waals surface area contributed by atoms with Crippen LogP contribution in [0.1, 0.15) is 25.0 Å². The first-order valence-corrected chi connectivity index (χ1v) is 9.52. The Morgan fingerprint density at radius 3 is 3.04 bits per heavy atom. The van der Waals surface area contributed by atoms with Crippen molar-refractivity contribution in [3.63, 3.8) is 0 Å². The van der Waals surface area contributed by atoms with Crippen molar-refractivity contribution in [2.45, 2.75) is 38.8 Å². The van der Waals surface area contributed by atoms with Crippen molar-refractivity contribution in [2.24, 2.45) is 0 Å². The standard InChI is InChI=1S/C19H25N7O/c1-15-5-6-18(27)26(23-15)13-12-24-10-3-2-4-16(24)14-21-19-17-7-8-22-25(17)11-9-20-19/h5-9,11,16H,2-4,10,12-14H2,1H3,(H,20,21). The number of fused-ring (bicyclic) bond motifs is 1. The summed E-state index contributed by atoms with van der Waals surface area (Å²) in [7, 11) is 0. The Hall–Kier alpha value is -2.74. The van der Waals surface area contributed by atoms with Gasteiger partial charge in [0.25, 0.3) is 5.56 Å². The smallest absolute Gasteiger partial charge is 0.266 e. The highest BCUT2D eigenvalue weighted by atomic mass is 16.1. The summed E-state index contributed by atoms with van der Waals surface area (Å²) in [5, 5.41) is 12.1. The Labute approximate surface area is 157 Å². The summed E-state index contributed by atoms with van der Waals surface area (Å²) in [6, 6.07) is 5.74. The molecule has 1 aliphatic heterocycles. The average molecular weight is 367 g/mol. The van der Waals surface area contributed by atoms with E-state index in [1.165, 1.54) is 12.8 Å². The van der Waals surface area contributed by atoms with Crippen LogP contribution in [0.4, 0.5) is 5.82 Å². The van der Waals surface area contributed by atoms with Gasteiger partial charge in [-0.3, -0.25) is 9.69 Å². The Balaban J connectivity index is 1.41. The summed E-state index contributed by atoms with van der Waals surface area (Å²) >= 11 is 0. The minimum absolute atomic E-state index is 0.0381. The van der Waals surface area contributed by atoms with E-state index >= 15 is 0 Å². The van der Waals surface area contributed by atoms with Gasteiger partial charge in [-0.25, -0.2) is 14.2 Å². The Morgan fingerprint density at radius 2 is 2.11 bits per heavy atom. The van der Waals surface area contributed by atoms with E-state index in [0.717, 1.165) is 43.1 Å². The van der Waals surface area contributed by atoms with Crippen LogP contribution in [0.15, 0.2) is 41.6 Å². The molecule has 1 atom stereocenters. The second kappa shape index (κ2) is 7.87. The lowest BCUT2D eigenvalue weighted by Crippen LogP contribution is -2.45. The van der Waals surface area contributed by atoms with Crippen LogP contribution >= 0.6 is 0 Å². The molecule has 0 aromatic carbocycles. The number of aromatic nitrogens is 5. The molecule has 1 aliphatic rings. The lowest BCUT2D eigenvalue weighted by Gasteiger charge is -2.36. The molecule has 8 heteroatoms. The van der Waals surface area contributed by atoms with Crippen LogP contribution in [-0.2, 0) is 6.54 Å². The quantitative estimate of drug-likeness (QED) is 0.712. The predicted molar refractivity (Wildman–Crippen MR) is 104 cm³/mol. The number of aryl methyl sites for hydroxylation is 1. The van der Waals surface area contributed by atoms with Crippen LogP contribution in [0.5, 0.6) is 0 Å². The number of nitrogens with zero attached hydrogens (tertiary/aromatic N) is 6. The molecule has 0 spiro atoms. The molecule has 0 bridgehead atoms. The molecule has 4 heterocycles. The maximum Gasteiger partial charge on any atom is 0.266 e. The van der Waals surface area contributed by atoms with Crippen LogP contribution in [0.2, 0.25) is 0 Å². The fourth-order valence-corrected chi connectivity index (χ4v) is 3.73. The molecule has 1 N–H and O–H groups in total. The van der Waals surface area contributed by atoms with Crippen molar-refractivity contribution in [3.05, 3.63) is 52.8 Å². The van der Waals surface area contributed by atoms with Crippen molar-refractivity contribution in [2.75, 3.05) is 25.0 Å². The average Bonchev–Trinajstić information content (AvgIpc) is 3.17. The SMILES string of the molecule is Cc1ccc(=O)n(CCN2CCCCC2CNc2nccn3nccc23)n1. The number of anilines is 1. The van der Waals surface area contributed by atoms with E-state index in [1.54, 1.807) is 29.2 Å². The van der Waals surface area contributed by atoms with Gasteiger partial charge in [-0.1, -0.05) is 6.42 Å². The minimum Gasteiger partial charge on any atom is -0.367 e. The van der Waals surface area contributed by atoms with Gasteiger partial charge in [0.05, 0.1) is 18.4 Å². The van der Waals surface area contributed by atoms with Crippen LogP contribution in [0.3, 0.4) is 0 Å². The summed E-state index contributed by atoms with van der Waals surface area (Å²) in [6.45, 7) is 5.24. The molecular weight excluding hydrogens is 342 g/mol. The molecule has 0 aliphatic carbocycles. The minimum atomic E-state index is -0.0381. The van der Waals surface area contributed by atoms with Crippen molar-refractivity contribution in [3.8, 4) is 0 Å². The van der Waals surface area contributed by atoms with E-state index in [2.05, 4.69) is 25.4 Å². The zero-order valence-electron chi connectivity index (χ0n) is 15.6. The third-order valence-electron chi connectivity index (χ3n) is 5.18. The fraction of sp³-hybridized carbons (Fsp3) is 0.474. The number of piperidine rings is 1. The van der Waals surface area contributed by atoms with Gasteiger partial charge in [-0.15, -0.1) is 0 Å². The first-order chi connectivity index (χ1) is 13.2. The van der Waals surface area contributed by atoms with Crippen LogP contribution in [0.25, 0.3) is 5.52 Å². The van der Waals surface area contributed by atoms with E-state index in [4.69, 9.17) is 0 Å². The Morgan fingerprint density at radius 1 is 1.19 bits per heavy atom. The second-order valence-electron chi connectivity index (χ2n) is 7.04. The van der Waals surface area contributed by atoms with E-state index in [1.807, 2.05) is 23.7 Å². The molecular formula is C19H25N7O. The normalized spacial score (nSPS) is 18.0. The Bertz CT molecular complexity index is 964. The highest BCUT2D eigenvalue weighted by Crippen LogP contribution is 2.19. The molecule has 1 saturated heterocycles. The second-order valence-corrected chi connectivity index (χ2v) is 7.04. The molecule has 8 nitrogen and oxygen atoms in total. The highest BCUT2D eigenvalue weighted by molar-refractivity contribution is 5.66. The predicted octanol–water partition coefficient (Wildman–Crippen LogP) is 1.56. The van der Waals surface area contributed by atoms with Crippen molar-refractivity contribution < 1.29 is 0 Å². The molecule has 0 amide bonds. The molecule has 1 fully saturated rings. The van der Waals surface area contributed by atoms with Gasteiger partial charge in [-0.05, 0) is 38.4 Å². The number of rotatable bonds is 6. The van der Waals surface area contributed by atoms with Gasteiger partial charge in [0, 0.05) is 37.6 Å². The topological polar surface area (TPSA) is 80.4 Å². The van der Waals surface area contributed by atoms with Crippen LogP contribution in [0, 0.1) is 6.92 Å². The van der Waals surface area contributed by atoms with Gasteiger partial charge >= 0.3 is 0 Å². The number of nitrogens with one attached hydrogen (secondary N) is 1. The van der Waals surface area contributed by atoms with Crippen LogP contribution in [-0.4, -0.2) is 55.0 Å². The molecule has 1 unspecified atom stereocenters. The van der Waals surface area contributed by atoms with Crippen molar-refractivity contribution >= 4 is 11.3 Å². The van der Waals surface area contributed by atoms with Gasteiger partial charge in [0.15, 0.2) is 5.82 Å². The summed E-state index contributed by atoms with van der Waals surface area (Å²) in [6.07, 6.45) is 8.96. The molecule has 4 rings (SSSR count). The Kier molecular flexibility index (Phi) is 5.15. The fourth-order valence-electron chi connectivity index (χ4n) is 3.73. The number of hydrogen-bond acceptors (Lipinski definition) is 6. The summed E-state index contributed by atoms with van der Waals surface area (Å²) in [5.74, 6) is 0.858. The lowest BCUT2D eigenvalue weighted by molar-refractivity contribution is 0.148. The van der Waals surface area contributed by atoms with Crippen molar-refractivity contribution in [1.29, 1.82) is 0 Å². The molecule has 3 aromatic rings. The molecule has 0 saturated carbocycles. The van der Waals surface area contributed by atoms with Gasteiger partial charge < -0.3 is 5.32 Å². The van der Waals surface area contributed by atoms with Gasteiger partial charge in [0.1, 0.15) is 5.52 Å². The molecule has 0 radical (unpaired) electrons. The summed E-state index contributed by atoms with van der Waals surface area (Å²) in [4.78, 5) is 18.9. The zero-order valence-corrected chi connectivity index (χ0v) is 15.6. The number of likely N-dealkylation sites (tertiary alicyclic amines) is 1. The van der Waals surface area contributed by atoms with Crippen molar-refractivity contribution in [1.82, 2.24) is 29.3 Å². The third kappa shape index (κ3) is 4.00. The van der Waals surface area contributed by atoms with E-state index in [9.17, 15) is 4.79 Å². The first-order valence-electron chi connectivity index (χ1n) is 9.52. The largest absolute Gasteiger partial charge is 0.367 e. The zero-order chi connectivity index (χ0) is 18.6. The van der Waals surface area contributed by atoms with E-state index in [0.29, 0.717) is 12.6 Å². The van der Waals surface area contributed by atoms with E-state index in [-0.39, 0.29) is 5.56 Å². The summed E-state index contributed by atoms with van der Waals surface area (Å²) in [5.41, 5.74) is 1.81. The molecule has 27 heavy (non-hydrogen) atoms. The van der Waals surface area contributed by atoms with Gasteiger partial charge in [-0.2, -0.15) is 10.2 Å². The summed E-state index contributed by atoms with van der Waals surface area (Å²) < 4.78 is 3.40. The highest BCUT2D eigenvalue weighted by Gasteiger charge is 2.22. The first kappa shape index (κ1) is 17.7. The maximum atomic E-state index is 12.0. The van der Waals surface area contributed by atoms with Gasteiger partial charge in [0.2, 0.25) is 0 Å². The monoisotopic (exact) mass is 367 g/mol. The van der Waals surface area contributed by atoms with Crippen LogP contribution < -0.4 is 10.9 Å². The molecule has 142 valence electrons. The van der Waals surface area contributed by atoms with E-state index < -0.39 is 0 Å². The number of hydrogen-bond donors (Lipinski definition) is 1. The molecule has 3 aromatic heterocycles. The third-order valence-corrected chi connectivity index (χ3v) is 5.18. The maximum absolute atomic E-state index is 12.0.